The summed E-state index contributed by atoms with van der Waals surface area (Å²) in [4.78, 5) is 1.20. The van der Waals surface area contributed by atoms with E-state index in [1.54, 1.807) is 11.3 Å². The van der Waals surface area contributed by atoms with Crippen LogP contribution in [0.4, 0.5) is 0 Å². The van der Waals surface area contributed by atoms with Gasteiger partial charge in [-0.25, -0.2) is 0 Å². The first kappa shape index (κ1) is 7.84. The second-order valence-electron chi connectivity index (χ2n) is 2.39. The molecule has 0 aliphatic rings. The molecule has 0 atom stereocenters. The van der Waals surface area contributed by atoms with E-state index < -0.39 is 0 Å². The number of hydrogen-bond donors (Lipinski definition) is 0. The molecule has 1 heterocycles. The molecule has 0 saturated heterocycles. The molecule has 0 amide bonds. The van der Waals surface area contributed by atoms with Crippen LogP contribution in [0.1, 0.15) is 0 Å². The molecule has 0 N–H and O–H groups in total. The summed E-state index contributed by atoms with van der Waals surface area (Å²) in [6.45, 7) is 0. The fourth-order valence-corrected chi connectivity index (χ4v) is 2.07. The van der Waals surface area contributed by atoms with E-state index in [0.717, 1.165) is 4.34 Å². The maximum absolute atomic E-state index is 5.82. The minimum Gasteiger partial charge on any atom is -0.123 e. The van der Waals surface area contributed by atoms with Crippen molar-refractivity contribution < 1.29 is 0 Å². The Kier molecular flexibility index (Phi) is 2.15. The molecule has 2 rings (SSSR count). The van der Waals surface area contributed by atoms with E-state index in [4.69, 9.17) is 11.6 Å². The third kappa shape index (κ3) is 1.52. The van der Waals surface area contributed by atoms with Crippen molar-refractivity contribution in [1.82, 2.24) is 0 Å². The van der Waals surface area contributed by atoms with Gasteiger partial charge in [0.1, 0.15) is 0 Å². The lowest BCUT2D eigenvalue weighted by molar-refractivity contribution is 1.68. The SMILES string of the molecule is Clc1ccc(-c2cc[c]cc2)s1. The van der Waals surface area contributed by atoms with E-state index >= 15 is 0 Å². The first-order valence-corrected chi connectivity index (χ1v) is 4.77. The first-order chi connectivity index (χ1) is 5.86. The van der Waals surface area contributed by atoms with Crippen LogP contribution in [0.5, 0.6) is 0 Å². The highest BCUT2D eigenvalue weighted by atomic mass is 35.5. The maximum atomic E-state index is 5.82. The summed E-state index contributed by atoms with van der Waals surface area (Å²) in [6.07, 6.45) is 0. The topological polar surface area (TPSA) is 0 Å². The standard InChI is InChI=1S/C10H6ClS/c11-10-7-6-9(12-10)8-4-2-1-3-5-8/h2-7H. The molecular formula is C10H6ClS. The number of hydrogen-bond acceptors (Lipinski definition) is 1. The van der Waals surface area contributed by atoms with Gasteiger partial charge in [0.05, 0.1) is 4.34 Å². The molecule has 0 aliphatic heterocycles. The predicted molar refractivity (Wildman–Crippen MR) is 53.6 cm³/mol. The van der Waals surface area contributed by atoms with Crippen LogP contribution in [0.3, 0.4) is 0 Å². The molecule has 0 unspecified atom stereocenters. The van der Waals surface area contributed by atoms with Crippen molar-refractivity contribution in [2.24, 2.45) is 0 Å². The maximum Gasteiger partial charge on any atom is 0.0934 e. The molecule has 59 valence electrons. The van der Waals surface area contributed by atoms with Gasteiger partial charge in [-0.15, -0.1) is 11.3 Å². The van der Waals surface area contributed by atoms with Crippen LogP contribution in [0.25, 0.3) is 10.4 Å². The Balaban J connectivity index is 2.45. The fourth-order valence-electron chi connectivity index (χ4n) is 1.02. The number of benzene rings is 1. The van der Waals surface area contributed by atoms with E-state index in [1.165, 1.54) is 10.4 Å². The predicted octanol–water partition coefficient (Wildman–Crippen LogP) is 3.87. The second kappa shape index (κ2) is 3.30. The van der Waals surface area contributed by atoms with Crippen LogP contribution in [0.15, 0.2) is 36.4 Å². The number of thiophene rings is 1. The largest absolute Gasteiger partial charge is 0.123 e. The smallest absolute Gasteiger partial charge is 0.0934 e. The fraction of sp³-hybridized carbons (Fsp3) is 0. The summed E-state index contributed by atoms with van der Waals surface area (Å²) in [5, 5.41) is 0. The van der Waals surface area contributed by atoms with Crippen LogP contribution < -0.4 is 0 Å². The normalized spacial score (nSPS) is 10.1. The number of halogens is 1. The van der Waals surface area contributed by atoms with Crippen molar-refractivity contribution in [3.05, 3.63) is 46.8 Å². The monoisotopic (exact) mass is 193 g/mol. The Morgan fingerprint density at radius 2 is 1.83 bits per heavy atom. The highest BCUT2D eigenvalue weighted by Gasteiger charge is 1.98. The Morgan fingerprint density at radius 3 is 2.42 bits per heavy atom. The highest BCUT2D eigenvalue weighted by Crippen LogP contribution is 2.30. The molecule has 0 nitrogen and oxygen atoms in total. The zero-order valence-electron chi connectivity index (χ0n) is 6.25. The molecule has 0 aliphatic carbocycles. The van der Waals surface area contributed by atoms with Gasteiger partial charge in [0.15, 0.2) is 0 Å². The van der Waals surface area contributed by atoms with E-state index in [-0.39, 0.29) is 0 Å². The summed E-state index contributed by atoms with van der Waals surface area (Å²) < 4.78 is 0.831. The van der Waals surface area contributed by atoms with Crippen LogP contribution in [0, 0.1) is 6.07 Å². The Labute approximate surface area is 80.4 Å². The molecule has 2 aromatic rings. The molecule has 0 spiro atoms. The van der Waals surface area contributed by atoms with Crippen molar-refractivity contribution in [3.8, 4) is 10.4 Å². The van der Waals surface area contributed by atoms with Crippen molar-refractivity contribution in [3.63, 3.8) is 0 Å². The van der Waals surface area contributed by atoms with Crippen LogP contribution in [-0.4, -0.2) is 0 Å². The van der Waals surface area contributed by atoms with Gasteiger partial charge in [-0.05, 0) is 23.8 Å². The van der Waals surface area contributed by atoms with Gasteiger partial charge in [-0.1, -0.05) is 35.9 Å². The third-order valence-corrected chi connectivity index (χ3v) is 2.86. The number of rotatable bonds is 1. The lowest BCUT2D eigenvalue weighted by Gasteiger charge is -1.93. The minimum atomic E-state index is 0.831. The quantitative estimate of drug-likeness (QED) is 0.645. The summed E-state index contributed by atoms with van der Waals surface area (Å²) in [5.74, 6) is 0. The van der Waals surface area contributed by atoms with Crippen molar-refractivity contribution >= 4 is 22.9 Å². The zero-order chi connectivity index (χ0) is 8.39. The molecule has 0 saturated carbocycles. The molecule has 2 heteroatoms. The Morgan fingerprint density at radius 1 is 1.08 bits per heavy atom. The van der Waals surface area contributed by atoms with E-state index in [0.29, 0.717) is 0 Å². The molecule has 1 radical (unpaired) electrons. The van der Waals surface area contributed by atoms with Crippen molar-refractivity contribution in [2.45, 2.75) is 0 Å². The van der Waals surface area contributed by atoms with Crippen molar-refractivity contribution in [1.29, 1.82) is 0 Å². The van der Waals surface area contributed by atoms with Crippen LogP contribution in [-0.2, 0) is 0 Å². The summed E-state index contributed by atoms with van der Waals surface area (Å²) in [6, 6.07) is 14.8. The molecule has 1 aromatic carbocycles. The highest BCUT2D eigenvalue weighted by molar-refractivity contribution is 7.19. The average molecular weight is 194 g/mol. The van der Waals surface area contributed by atoms with E-state index in [1.807, 2.05) is 36.4 Å². The minimum absolute atomic E-state index is 0.831. The van der Waals surface area contributed by atoms with Gasteiger partial charge < -0.3 is 0 Å². The van der Waals surface area contributed by atoms with Gasteiger partial charge >= 0.3 is 0 Å². The Hall–Kier alpha value is -0.790. The van der Waals surface area contributed by atoms with Crippen molar-refractivity contribution in [2.75, 3.05) is 0 Å². The lowest BCUT2D eigenvalue weighted by atomic mass is 10.2. The van der Waals surface area contributed by atoms with Gasteiger partial charge in [-0.3, -0.25) is 0 Å². The summed E-state index contributed by atoms with van der Waals surface area (Å²) >= 11 is 7.41. The lowest BCUT2D eigenvalue weighted by Crippen LogP contribution is -1.67. The van der Waals surface area contributed by atoms with Gasteiger partial charge in [-0.2, -0.15) is 0 Å². The average Bonchev–Trinajstić information content (AvgIpc) is 2.54. The molecule has 1 aromatic heterocycles. The molecular weight excluding hydrogens is 188 g/mol. The zero-order valence-corrected chi connectivity index (χ0v) is 7.82. The summed E-state index contributed by atoms with van der Waals surface area (Å²) in [7, 11) is 0. The van der Waals surface area contributed by atoms with Crippen LogP contribution >= 0.6 is 22.9 Å². The molecule has 12 heavy (non-hydrogen) atoms. The van der Waals surface area contributed by atoms with Gasteiger partial charge in [0.2, 0.25) is 0 Å². The summed E-state index contributed by atoms with van der Waals surface area (Å²) in [5.41, 5.74) is 1.20. The van der Waals surface area contributed by atoms with Gasteiger partial charge in [0, 0.05) is 4.88 Å². The van der Waals surface area contributed by atoms with Crippen LogP contribution in [0.2, 0.25) is 4.34 Å². The van der Waals surface area contributed by atoms with E-state index in [9.17, 15) is 0 Å². The molecule has 0 fully saturated rings. The van der Waals surface area contributed by atoms with Gasteiger partial charge in [0.25, 0.3) is 0 Å². The van der Waals surface area contributed by atoms with E-state index in [2.05, 4.69) is 6.07 Å². The Bertz CT molecular complexity index is 364. The molecule has 0 bridgehead atoms. The third-order valence-electron chi connectivity index (χ3n) is 1.58. The second-order valence-corrected chi connectivity index (χ2v) is 4.11. The first-order valence-electron chi connectivity index (χ1n) is 3.58.